The Morgan fingerprint density at radius 1 is 1.12 bits per heavy atom. The molecule has 0 aliphatic rings. The molecular weight excluding hydrogens is 436 g/mol. The van der Waals surface area contributed by atoms with E-state index >= 15 is 0 Å². The Kier molecular flexibility index (Phi) is 7.59. The number of fused-ring (bicyclic) bond motifs is 1. The first-order valence-electron chi connectivity index (χ1n) is 10.6. The Morgan fingerprint density at radius 2 is 1.85 bits per heavy atom. The predicted molar refractivity (Wildman–Crippen MR) is 127 cm³/mol. The summed E-state index contributed by atoms with van der Waals surface area (Å²) in [6.45, 7) is 5.58. The van der Waals surface area contributed by atoms with Crippen LogP contribution in [0.25, 0.3) is 10.9 Å². The number of methoxy groups -OCH3 is 1. The Hall–Kier alpha value is -4.25. The van der Waals surface area contributed by atoms with Crippen molar-refractivity contribution < 1.29 is 28.9 Å². The van der Waals surface area contributed by atoms with Crippen molar-refractivity contribution in [3.05, 3.63) is 65.4 Å². The fraction of sp³-hybridized carbons (Fsp3) is 0.269. The van der Waals surface area contributed by atoms with Crippen molar-refractivity contribution in [1.29, 1.82) is 0 Å². The van der Waals surface area contributed by atoms with Gasteiger partial charge in [-0.2, -0.15) is 0 Å². The Bertz CT molecular complexity index is 1250. The Labute approximate surface area is 197 Å². The minimum atomic E-state index is -0.691. The molecule has 0 spiro atoms. The van der Waals surface area contributed by atoms with Crippen molar-refractivity contribution in [2.75, 3.05) is 13.7 Å². The molecule has 3 rings (SSSR count). The normalized spacial score (nSPS) is 10.7. The third-order valence-corrected chi connectivity index (χ3v) is 4.48. The maximum atomic E-state index is 12.0. The molecule has 176 valence electrons. The number of hydrogen-bond donors (Lipinski definition) is 2. The SMILES string of the molecule is COC(=O)c1cc(O)c2ccc(C#CCNC(=O)OC(C)(C)C)c(OCc3ccccc3)c2n1. The van der Waals surface area contributed by atoms with E-state index in [-0.39, 0.29) is 30.1 Å². The lowest BCUT2D eigenvalue weighted by molar-refractivity contribution is 0.0533. The van der Waals surface area contributed by atoms with Crippen molar-refractivity contribution in [2.45, 2.75) is 33.0 Å². The van der Waals surface area contributed by atoms with Crippen LogP contribution in [0.4, 0.5) is 4.79 Å². The van der Waals surface area contributed by atoms with Gasteiger partial charge in [0.25, 0.3) is 0 Å². The molecule has 0 fully saturated rings. The first kappa shape index (κ1) is 24.4. The van der Waals surface area contributed by atoms with Crippen molar-refractivity contribution in [1.82, 2.24) is 10.3 Å². The van der Waals surface area contributed by atoms with Gasteiger partial charge < -0.3 is 24.6 Å². The topological polar surface area (TPSA) is 107 Å². The van der Waals surface area contributed by atoms with Crippen molar-refractivity contribution >= 4 is 23.0 Å². The van der Waals surface area contributed by atoms with E-state index in [0.717, 1.165) is 5.56 Å². The van der Waals surface area contributed by atoms with Crippen molar-refractivity contribution in [3.63, 3.8) is 0 Å². The molecule has 8 nitrogen and oxygen atoms in total. The van der Waals surface area contributed by atoms with Crippen LogP contribution in [0.15, 0.2) is 48.5 Å². The lowest BCUT2D eigenvalue weighted by Gasteiger charge is -2.19. The number of amides is 1. The average molecular weight is 463 g/mol. The standard InChI is InChI=1S/C26H26N2O6/c1-26(2,3)34-25(31)27-14-8-11-18-12-13-19-21(29)15-20(24(30)32-4)28-22(19)23(18)33-16-17-9-6-5-7-10-17/h5-7,9-10,12-13,15H,14,16H2,1-4H3,(H,27,31)(H,28,29). The van der Waals surface area contributed by atoms with Crippen LogP contribution in [-0.4, -0.2) is 41.4 Å². The van der Waals surface area contributed by atoms with E-state index in [1.54, 1.807) is 32.9 Å². The molecule has 34 heavy (non-hydrogen) atoms. The molecule has 0 aliphatic carbocycles. The van der Waals surface area contributed by atoms with Crippen LogP contribution in [0.1, 0.15) is 42.4 Å². The number of carbonyl (C=O) groups excluding carboxylic acids is 2. The summed E-state index contributed by atoms with van der Waals surface area (Å²) in [6.07, 6.45) is -0.574. The van der Waals surface area contributed by atoms with E-state index in [1.807, 2.05) is 30.3 Å². The van der Waals surface area contributed by atoms with Crippen molar-refractivity contribution in [3.8, 4) is 23.3 Å². The van der Waals surface area contributed by atoms with E-state index in [1.165, 1.54) is 13.2 Å². The number of hydrogen-bond acceptors (Lipinski definition) is 7. The summed E-state index contributed by atoms with van der Waals surface area (Å²) in [7, 11) is 1.23. The molecule has 0 unspecified atom stereocenters. The van der Waals surface area contributed by atoms with Crippen LogP contribution in [0.5, 0.6) is 11.5 Å². The highest BCUT2D eigenvalue weighted by Gasteiger charge is 2.18. The molecule has 8 heteroatoms. The summed E-state index contributed by atoms with van der Waals surface area (Å²) >= 11 is 0. The summed E-state index contributed by atoms with van der Waals surface area (Å²) in [6, 6.07) is 14.1. The number of carbonyl (C=O) groups is 2. The second-order valence-corrected chi connectivity index (χ2v) is 8.29. The highest BCUT2D eigenvalue weighted by atomic mass is 16.6. The summed E-state index contributed by atoms with van der Waals surface area (Å²) in [5.41, 5.74) is 0.984. The average Bonchev–Trinajstić information content (AvgIpc) is 2.79. The largest absolute Gasteiger partial charge is 0.507 e. The monoisotopic (exact) mass is 462 g/mol. The minimum absolute atomic E-state index is 0.0476. The van der Waals surface area contributed by atoms with E-state index in [4.69, 9.17) is 14.2 Å². The lowest BCUT2D eigenvalue weighted by atomic mass is 10.1. The molecule has 0 radical (unpaired) electrons. The number of ether oxygens (including phenoxy) is 3. The number of esters is 1. The molecule has 1 amide bonds. The van der Waals surface area contributed by atoms with Crippen LogP contribution in [-0.2, 0) is 16.1 Å². The predicted octanol–water partition coefficient (Wildman–Crippen LogP) is 4.18. The summed E-state index contributed by atoms with van der Waals surface area (Å²) in [4.78, 5) is 28.2. The molecule has 0 saturated carbocycles. The third kappa shape index (κ3) is 6.39. The van der Waals surface area contributed by atoms with Gasteiger partial charge in [0.05, 0.1) is 19.2 Å². The number of aromatic nitrogens is 1. The van der Waals surface area contributed by atoms with Gasteiger partial charge in [-0.15, -0.1) is 0 Å². The number of benzene rings is 2. The zero-order valence-electron chi connectivity index (χ0n) is 19.5. The van der Waals surface area contributed by atoms with Gasteiger partial charge in [-0.05, 0) is 38.5 Å². The van der Waals surface area contributed by atoms with Gasteiger partial charge in [0.2, 0.25) is 0 Å². The highest BCUT2D eigenvalue weighted by molar-refractivity contribution is 5.97. The first-order chi connectivity index (χ1) is 16.2. The number of rotatable bonds is 5. The Balaban J connectivity index is 1.96. The Morgan fingerprint density at radius 3 is 2.53 bits per heavy atom. The maximum absolute atomic E-state index is 12.0. The quantitative estimate of drug-likeness (QED) is 0.433. The lowest BCUT2D eigenvalue weighted by Crippen LogP contribution is -2.32. The molecule has 1 aromatic heterocycles. The van der Waals surface area contributed by atoms with Crippen LogP contribution in [0, 0.1) is 11.8 Å². The molecule has 0 atom stereocenters. The van der Waals surface area contributed by atoms with E-state index in [2.05, 4.69) is 22.1 Å². The molecule has 2 N–H and O–H groups in total. The third-order valence-electron chi connectivity index (χ3n) is 4.48. The zero-order chi connectivity index (χ0) is 24.7. The number of aromatic hydroxyl groups is 1. The molecule has 0 aliphatic heterocycles. The molecule has 2 aromatic carbocycles. The fourth-order valence-electron chi connectivity index (χ4n) is 3.00. The van der Waals surface area contributed by atoms with E-state index in [9.17, 15) is 14.7 Å². The number of alkyl carbamates (subject to hydrolysis) is 1. The van der Waals surface area contributed by atoms with Gasteiger partial charge in [0.1, 0.15) is 23.5 Å². The second-order valence-electron chi connectivity index (χ2n) is 8.29. The van der Waals surface area contributed by atoms with Gasteiger partial charge in [0, 0.05) is 11.5 Å². The number of pyridine rings is 1. The summed E-state index contributed by atoms with van der Waals surface area (Å²) in [5, 5.41) is 13.4. The summed E-state index contributed by atoms with van der Waals surface area (Å²) in [5.74, 6) is 5.29. The van der Waals surface area contributed by atoms with Gasteiger partial charge >= 0.3 is 12.1 Å². The van der Waals surface area contributed by atoms with Gasteiger partial charge in [-0.3, -0.25) is 0 Å². The highest BCUT2D eigenvalue weighted by Crippen LogP contribution is 2.34. The molecule has 1 heterocycles. The minimum Gasteiger partial charge on any atom is -0.507 e. The van der Waals surface area contributed by atoms with Crippen LogP contribution >= 0.6 is 0 Å². The fourth-order valence-corrected chi connectivity index (χ4v) is 3.00. The van der Waals surface area contributed by atoms with Gasteiger partial charge in [0.15, 0.2) is 11.4 Å². The van der Waals surface area contributed by atoms with Crippen LogP contribution < -0.4 is 10.1 Å². The molecule has 3 aromatic rings. The zero-order valence-corrected chi connectivity index (χ0v) is 19.5. The second kappa shape index (κ2) is 10.6. The molecule has 0 bridgehead atoms. The first-order valence-corrected chi connectivity index (χ1v) is 10.6. The molecule has 0 saturated heterocycles. The van der Waals surface area contributed by atoms with Crippen molar-refractivity contribution in [2.24, 2.45) is 0 Å². The number of nitrogens with zero attached hydrogens (tertiary/aromatic N) is 1. The summed E-state index contributed by atoms with van der Waals surface area (Å²) < 4.78 is 16.0. The van der Waals surface area contributed by atoms with Gasteiger partial charge in [-0.1, -0.05) is 42.2 Å². The smallest absolute Gasteiger partial charge is 0.408 e. The molecular formula is C26H26N2O6. The number of nitrogens with one attached hydrogen (secondary N) is 1. The van der Waals surface area contributed by atoms with E-state index < -0.39 is 17.7 Å². The van der Waals surface area contributed by atoms with Gasteiger partial charge in [-0.25, -0.2) is 14.6 Å². The van der Waals surface area contributed by atoms with Crippen LogP contribution in [0.2, 0.25) is 0 Å². The maximum Gasteiger partial charge on any atom is 0.408 e. The van der Waals surface area contributed by atoms with Crippen LogP contribution in [0.3, 0.4) is 0 Å². The van der Waals surface area contributed by atoms with E-state index in [0.29, 0.717) is 16.7 Å².